The molecule has 1 unspecified atom stereocenters. The predicted molar refractivity (Wildman–Crippen MR) is 83.8 cm³/mol. The van der Waals surface area contributed by atoms with Crippen LogP contribution in [0.5, 0.6) is 11.5 Å². The van der Waals surface area contributed by atoms with Gasteiger partial charge in [0.05, 0.1) is 14.2 Å². The molecule has 1 aromatic carbocycles. The molecule has 1 rings (SSSR count). The number of nitrogens with one attached hydrogen (secondary N) is 2. The maximum atomic E-state index is 11.6. The highest BCUT2D eigenvalue weighted by atomic mass is 16.5. The standard InChI is InChI=1S/C16H26N2O3/c1-5-12(2)18-16(19)8-9-17-11-13-6-7-14(20-3)10-15(13)21-4/h6-7,10,12,17H,5,8-9,11H2,1-4H3,(H,18,19). The third kappa shape index (κ3) is 6.04. The number of rotatable bonds is 9. The Morgan fingerprint density at radius 1 is 1.29 bits per heavy atom. The number of carbonyl (C=O) groups is 1. The van der Waals surface area contributed by atoms with Crippen LogP contribution in [0, 0.1) is 0 Å². The molecule has 0 saturated carbocycles. The largest absolute Gasteiger partial charge is 0.497 e. The molecular formula is C16H26N2O3. The smallest absolute Gasteiger partial charge is 0.221 e. The minimum atomic E-state index is 0.0820. The second kappa shape index (κ2) is 9.23. The Morgan fingerprint density at radius 3 is 2.67 bits per heavy atom. The van der Waals surface area contributed by atoms with Gasteiger partial charge in [-0.3, -0.25) is 4.79 Å². The second-order valence-electron chi connectivity index (χ2n) is 4.98. The van der Waals surface area contributed by atoms with Crippen LogP contribution in [-0.4, -0.2) is 32.7 Å². The summed E-state index contributed by atoms with van der Waals surface area (Å²) in [6.45, 7) is 5.36. The van der Waals surface area contributed by atoms with Crippen LogP contribution in [0.3, 0.4) is 0 Å². The van der Waals surface area contributed by atoms with Crippen LogP contribution in [0.25, 0.3) is 0 Å². The van der Waals surface area contributed by atoms with Crippen molar-refractivity contribution in [3.8, 4) is 11.5 Å². The summed E-state index contributed by atoms with van der Waals surface area (Å²) in [5, 5.41) is 6.20. The van der Waals surface area contributed by atoms with Crippen molar-refractivity contribution in [1.29, 1.82) is 0 Å². The highest BCUT2D eigenvalue weighted by Crippen LogP contribution is 2.24. The Kier molecular flexibility index (Phi) is 7.61. The molecule has 2 N–H and O–H groups in total. The number of benzene rings is 1. The summed E-state index contributed by atoms with van der Waals surface area (Å²) < 4.78 is 10.5. The molecule has 5 nitrogen and oxygen atoms in total. The molecule has 0 fully saturated rings. The van der Waals surface area contributed by atoms with Gasteiger partial charge >= 0.3 is 0 Å². The Labute approximate surface area is 127 Å². The normalized spacial score (nSPS) is 11.8. The Morgan fingerprint density at radius 2 is 2.05 bits per heavy atom. The quantitative estimate of drug-likeness (QED) is 0.685. The van der Waals surface area contributed by atoms with Crippen molar-refractivity contribution in [2.45, 2.75) is 39.3 Å². The average molecular weight is 294 g/mol. The summed E-state index contributed by atoms with van der Waals surface area (Å²) in [6, 6.07) is 5.95. The molecule has 1 amide bonds. The van der Waals surface area contributed by atoms with Crippen molar-refractivity contribution in [2.24, 2.45) is 0 Å². The fourth-order valence-corrected chi connectivity index (χ4v) is 1.87. The Hall–Kier alpha value is -1.75. The van der Waals surface area contributed by atoms with Gasteiger partial charge in [-0.05, 0) is 19.4 Å². The van der Waals surface area contributed by atoms with Gasteiger partial charge in [-0.2, -0.15) is 0 Å². The van der Waals surface area contributed by atoms with E-state index in [1.54, 1.807) is 14.2 Å². The highest BCUT2D eigenvalue weighted by Gasteiger charge is 2.07. The number of hydrogen-bond acceptors (Lipinski definition) is 4. The van der Waals surface area contributed by atoms with Crippen LogP contribution in [-0.2, 0) is 11.3 Å². The molecule has 1 aromatic rings. The van der Waals surface area contributed by atoms with Gasteiger partial charge in [0.25, 0.3) is 0 Å². The van der Waals surface area contributed by atoms with E-state index in [0.29, 0.717) is 19.5 Å². The van der Waals surface area contributed by atoms with Crippen LogP contribution < -0.4 is 20.1 Å². The summed E-state index contributed by atoms with van der Waals surface area (Å²) in [4.78, 5) is 11.6. The third-order valence-electron chi connectivity index (χ3n) is 3.36. The van der Waals surface area contributed by atoms with E-state index in [4.69, 9.17) is 9.47 Å². The third-order valence-corrected chi connectivity index (χ3v) is 3.36. The first-order valence-corrected chi connectivity index (χ1v) is 7.31. The molecule has 0 spiro atoms. The lowest BCUT2D eigenvalue weighted by atomic mass is 10.2. The van der Waals surface area contributed by atoms with Crippen LogP contribution in [0.15, 0.2) is 18.2 Å². The van der Waals surface area contributed by atoms with Crippen LogP contribution in [0.4, 0.5) is 0 Å². The van der Waals surface area contributed by atoms with Gasteiger partial charge in [0.2, 0.25) is 5.91 Å². The van der Waals surface area contributed by atoms with Crippen LogP contribution >= 0.6 is 0 Å². The van der Waals surface area contributed by atoms with E-state index < -0.39 is 0 Å². The van der Waals surface area contributed by atoms with Crippen molar-refractivity contribution in [1.82, 2.24) is 10.6 Å². The summed E-state index contributed by atoms with van der Waals surface area (Å²) in [6.07, 6.45) is 1.42. The van der Waals surface area contributed by atoms with E-state index in [-0.39, 0.29) is 11.9 Å². The number of ether oxygens (including phenoxy) is 2. The zero-order valence-electron chi connectivity index (χ0n) is 13.4. The molecule has 0 aliphatic heterocycles. The molecule has 118 valence electrons. The van der Waals surface area contributed by atoms with Gasteiger partial charge in [-0.1, -0.05) is 13.0 Å². The second-order valence-corrected chi connectivity index (χ2v) is 4.98. The zero-order valence-corrected chi connectivity index (χ0v) is 13.4. The van der Waals surface area contributed by atoms with Crippen molar-refractivity contribution in [3.05, 3.63) is 23.8 Å². The van der Waals surface area contributed by atoms with E-state index in [1.165, 1.54) is 0 Å². The lowest BCUT2D eigenvalue weighted by Gasteiger charge is -2.13. The molecular weight excluding hydrogens is 268 g/mol. The van der Waals surface area contributed by atoms with Gasteiger partial charge in [0.15, 0.2) is 0 Å². The molecule has 5 heteroatoms. The first-order valence-electron chi connectivity index (χ1n) is 7.31. The molecule has 0 heterocycles. The number of hydrogen-bond donors (Lipinski definition) is 2. The molecule has 21 heavy (non-hydrogen) atoms. The Balaban J connectivity index is 2.37. The number of amides is 1. The molecule has 0 aliphatic rings. The predicted octanol–water partition coefficient (Wildman–Crippen LogP) is 2.10. The van der Waals surface area contributed by atoms with E-state index >= 15 is 0 Å². The lowest BCUT2D eigenvalue weighted by Crippen LogP contribution is -2.33. The molecule has 0 saturated heterocycles. The van der Waals surface area contributed by atoms with Crippen molar-refractivity contribution >= 4 is 5.91 Å². The summed E-state index contributed by atoms with van der Waals surface area (Å²) >= 11 is 0. The monoisotopic (exact) mass is 294 g/mol. The Bertz CT molecular complexity index is 449. The molecule has 0 bridgehead atoms. The number of methoxy groups -OCH3 is 2. The maximum Gasteiger partial charge on any atom is 0.221 e. The minimum absolute atomic E-state index is 0.0820. The van der Waals surface area contributed by atoms with E-state index in [0.717, 1.165) is 23.5 Å². The number of carbonyl (C=O) groups excluding carboxylic acids is 1. The first-order chi connectivity index (χ1) is 10.1. The average Bonchev–Trinajstić information content (AvgIpc) is 2.51. The van der Waals surface area contributed by atoms with Crippen molar-refractivity contribution in [3.63, 3.8) is 0 Å². The topological polar surface area (TPSA) is 59.6 Å². The van der Waals surface area contributed by atoms with Gasteiger partial charge < -0.3 is 20.1 Å². The highest BCUT2D eigenvalue weighted by molar-refractivity contribution is 5.76. The fraction of sp³-hybridized carbons (Fsp3) is 0.562. The molecule has 0 radical (unpaired) electrons. The maximum absolute atomic E-state index is 11.6. The molecule has 1 atom stereocenters. The van der Waals surface area contributed by atoms with E-state index in [9.17, 15) is 4.79 Å². The first kappa shape index (κ1) is 17.3. The minimum Gasteiger partial charge on any atom is -0.497 e. The zero-order chi connectivity index (χ0) is 15.7. The van der Waals surface area contributed by atoms with E-state index in [1.807, 2.05) is 25.1 Å². The SMILES string of the molecule is CCC(C)NC(=O)CCNCc1ccc(OC)cc1OC. The summed E-state index contributed by atoms with van der Waals surface area (Å²) in [5.74, 6) is 1.63. The lowest BCUT2D eigenvalue weighted by molar-refractivity contribution is -0.121. The fourth-order valence-electron chi connectivity index (χ4n) is 1.87. The van der Waals surface area contributed by atoms with Gasteiger partial charge in [0.1, 0.15) is 11.5 Å². The van der Waals surface area contributed by atoms with Crippen molar-refractivity contribution in [2.75, 3.05) is 20.8 Å². The van der Waals surface area contributed by atoms with Crippen LogP contribution in [0.1, 0.15) is 32.3 Å². The van der Waals surface area contributed by atoms with Crippen molar-refractivity contribution < 1.29 is 14.3 Å². The van der Waals surface area contributed by atoms with Crippen LogP contribution in [0.2, 0.25) is 0 Å². The van der Waals surface area contributed by atoms with E-state index in [2.05, 4.69) is 17.6 Å². The molecule has 0 aromatic heterocycles. The summed E-state index contributed by atoms with van der Waals surface area (Å²) in [5.41, 5.74) is 1.04. The molecule has 0 aliphatic carbocycles. The van der Waals surface area contributed by atoms with Gasteiger partial charge in [0, 0.05) is 37.2 Å². The van der Waals surface area contributed by atoms with Gasteiger partial charge in [-0.15, -0.1) is 0 Å². The summed E-state index contributed by atoms with van der Waals surface area (Å²) in [7, 11) is 3.26. The van der Waals surface area contributed by atoms with Gasteiger partial charge in [-0.25, -0.2) is 0 Å².